The lowest BCUT2D eigenvalue weighted by Gasteiger charge is -2.15. The number of nitroso groups, excluding NO2 is 1. The number of fused-ring (bicyclic) bond motifs is 1. The molecule has 4 amide bonds. The Morgan fingerprint density at radius 1 is 0.882 bits per heavy atom. The highest BCUT2D eigenvalue weighted by Gasteiger charge is 2.62. The zero-order valence-electron chi connectivity index (χ0n) is 28.3. The second kappa shape index (κ2) is 18.6. The molecule has 0 spiro atoms. The number of benzene rings is 2. The number of carbonyl (C=O) groups excluding carboxylic acids is 4. The predicted octanol–water partition coefficient (Wildman–Crippen LogP) is -0.448. The van der Waals surface area contributed by atoms with Crippen molar-refractivity contribution in [1.82, 2.24) is 20.8 Å². The first kappa shape index (κ1) is 37.6. The molecule has 17 nitrogen and oxygen atoms in total. The highest BCUT2D eigenvalue weighted by molar-refractivity contribution is 6.21. The lowest BCUT2D eigenvalue weighted by atomic mass is 10.0. The number of carbonyl (C=O) groups is 4. The number of nitrogens with one attached hydrogen (secondary N) is 2. The van der Waals surface area contributed by atoms with Crippen LogP contribution in [0.1, 0.15) is 45.0 Å². The third kappa shape index (κ3) is 10.0. The van der Waals surface area contributed by atoms with Crippen molar-refractivity contribution in [1.29, 1.82) is 0 Å². The molecule has 2 atom stereocenters. The van der Waals surface area contributed by atoms with Crippen molar-refractivity contribution in [3.63, 3.8) is 0 Å². The van der Waals surface area contributed by atoms with E-state index in [1.807, 2.05) is 28.8 Å². The van der Waals surface area contributed by atoms with E-state index < -0.39 is 17.4 Å². The number of hydrogen-bond donors (Lipinski definition) is 4. The maximum atomic E-state index is 12.6. The van der Waals surface area contributed by atoms with E-state index in [0.29, 0.717) is 69.6 Å². The summed E-state index contributed by atoms with van der Waals surface area (Å²) in [6, 6.07) is 13.9. The first-order valence-electron chi connectivity index (χ1n) is 16.8. The quantitative estimate of drug-likeness (QED) is 0.0498. The van der Waals surface area contributed by atoms with Crippen molar-refractivity contribution in [2.24, 2.45) is 10.9 Å². The fourth-order valence-electron chi connectivity index (χ4n) is 5.76. The Hall–Kier alpha value is -4.62. The Balaban J connectivity index is 0.881. The van der Waals surface area contributed by atoms with Gasteiger partial charge in [-0.3, -0.25) is 29.1 Å². The molecule has 6 N–H and O–H groups in total. The topological polar surface area (TPSA) is 217 Å². The minimum absolute atomic E-state index is 0.00601. The number of hydrogen-bond acceptors (Lipinski definition) is 13. The number of rotatable bonds is 23. The van der Waals surface area contributed by atoms with Crippen molar-refractivity contribution >= 4 is 23.6 Å². The van der Waals surface area contributed by atoms with Gasteiger partial charge in [0.2, 0.25) is 5.91 Å². The third-order valence-electron chi connectivity index (χ3n) is 8.51. The standard InChI is InChI=1S/C34H43N7O10/c35-10-11-40-22-25(37-39-40)23-51-26-7-5-24(6-8-26)29-21-34(29,33(45)38-46)36-30(42)9-13-47-15-17-49-19-20-50-18-16-48-14-12-41-31(43)27-3-1-2-4-28(27)32(41)44/h1-8,22,29,37,39H,9-21,23,35H2,(H,36,42)/p+1. The largest absolute Gasteiger partial charge is 0.483 e. The van der Waals surface area contributed by atoms with Crippen LogP contribution in [0.2, 0.25) is 0 Å². The molecule has 2 aliphatic heterocycles. The number of amides is 4. The maximum absolute atomic E-state index is 12.6. The van der Waals surface area contributed by atoms with Gasteiger partial charge in [0.15, 0.2) is 12.3 Å². The number of hydrazine groups is 1. The fourth-order valence-corrected chi connectivity index (χ4v) is 5.76. The van der Waals surface area contributed by atoms with Gasteiger partial charge in [-0.25, -0.2) is 5.43 Å². The molecule has 2 aromatic rings. The van der Waals surface area contributed by atoms with Gasteiger partial charge in [0, 0.05) is 24.1 Å². The molecule has 0 aromatic heterocycles. The molecule has 0 radical (unpaired) electrons. The van der Waals surface area contributed by atoms with Crippen molar-refractivity contribution < 1.29 is 48.3 Å². The van der Waals surface area contributed by atoms with Gasteiger partial charge in [-0.1, -0.05) is 29.8 Å². The molecular weight excluding hydrogens is 666 g/mol. The van der Waals surface area contributed by atoms with Gasteiger partial charge in [-0.15, -0.1) is 4.91 Å². The zero-order valence-corrected chi connectivity index (χ0v) is 28.3. The summed E-state index contributed by atoms with van der Waals surface area (Å²) in [6.45, 7) is 3.89. The molecule has 0 saturated heterocycles. The van der Waals surface area contributed by atoms with Crippen LogP contribution in [-0.4, -0.2) is 118 Å². The van der Waals surface area contributed by atoms with E-state index in [4.69, 9.17) is 29.4 Å². The van der Waals surface area contributed by atoms with E-state index in [2.05, 4.69) is 16.0 Å². The summed E-state index contributed by atoms with van der Waals surface area (Å²) in [6.07, 6.45) is 2.19. The minimum Gasteiger partial charge on any atom is -0.483 e. The molecule has 51 heavy (non-hydrogen) atoms. The lowest BCUT2D eigenvalue weighted by molar-refractivity contribution is -0.678. The fraction of sp³-hybridized carbons (Fsp3) is 0.471. The van der Waals surface area contributed by atoms with E-state index in [1.165, 1.54) is 4.90 Å². The first-order chi connectivity index (χ1) is 24.9. The summed E-state index contributed by atoms with van der Waals surface area (Å²) in [7, 11) is 0. The van der Waals surface area contributed by atoms with Crippen LogP contribution in [0.25, 0.3) is 0 Å². The summed E-state index contributed by atoms with van der Waals surface area (Å²) in [5, 5.41) is 7.19. The molecule has 1 aliphatic carbocycles. The van der Waals surface area contributed by atoms with Crippen LogP contribution in [-0.2, 0) is 28.5 Å². The van der Waals surface area contributed by atoms with Crippen molar-refractivity contribution in [3.05, 3.63) is 82.0 Å². The lowest BCUT2D eigenvalue weighted by Crippen LogP contribution is -2.91. The van der Waals surface area contributed by atoms with Gasteiger partial charge in [-0.05, 0) is 36.2 Å². The number of nitrogens with zero attached hydrogens (tertiary/aromatic N) is 3. The summed E-state index contributed by atoms with van der Waals surface area (Å²) in [5.74, 6) is -1.70. The van der Waals surface area contributed by atoms with E-state index in [-0.39, 0.29) is 56.9 Å². The number of ether oxygens (including phenoxy) is 5. The summed E-state index contributed by atoms with van der Waals surface area (Å²) < 4.78 is 27.7. The Labute approximate surface area is 294 Å². The van der Waals surface area contributed by atoms with Crippen molar-refractivity contribution in [2.75, 3.05) is 79.1 Å². The molecule has 1 fully saturated rings. The van der Waals surface area contributed by atoms with Gasteiger partial charge in [-0.2, -0.15) is 0 Å². The average Bonchev–Trinajstić information content (AvgIpc) is 3.60. The van der Waals surface area contributed by atoms with Crippen LogP contribution in [0.4, 0.5) is 0 Å². The summed E-state index contributed by atoms with van der Waals surface area (Å²) in [4.78, 5) is 62.2. The van der Waals surface area contributed by atoms with Crippen molar-refractivity contribution in [3.8, 4) is 5.75 Å². The Kier molecular flexibility index (Phi) is 13.7. The second-order valence-corrected chi connectivity index (χ2v) is 12.0. The maximum Gasteiger partial charge on any atom is 0.312 e. The Morgan fingerprint density at radius 3 is 2.10 bits per heavy atom. The van der Waals surface area contributed by atoms with E-state index in [0.717, 1.165) is 11.3 Å². The predicted molar refractivity (Wildman–Crippen MR) is 180 cm³/mol. The smallest absolute Gasteiger partial charge is 0.312 e. The van der Waals surface area contributed by atoms with Gasteiger partial charge in [0.1, 0.15) is 11.3 Å². The molecule has 2 unspecified atom stereocenters. The van der Waals surface area contributed by atoms with Gasteiger partial charge in [0.25, 0.3) is 11.8 Å². The zero-order chi connectivity index (χ0) is 36.1. The van der Waals surface area contributed by atoms with E-state index >= 15 is 0 Å². The first-order valence-corrected chi connectivity index (χ1v) is 16.8. The molecular formula is C34H44N7O10+. The van der Waals surface area contributed by atoms with Crippen LogP contribution >= 0.6 is 0 Å². The SMILES string of the molecule is NCCN1C=C(COc2ccc(C3CC3(NC(=O)CCOCCOCCOCCOCCN3C(=O)c4ccccc4C3=O)C(=O)N=O)cc2)[NH2+]N1. The molecule has 274 valence electrons. The number of imide groups is 1. The summed E-state index contributed by atoms with van der Waals surface area (Å²) >= 11 is 0. The molecule has 3 aliphatic rings. The van der Waals surface area contributed by atoms with Gasteiger partial charge < -0.3 is 34.7 Å². The number of nitrogens with two attached hydrogens (primary N) is 2. The third-order valence-corrected chi connectivity index (χ3v) is 8.51. The van der Waals surface area contributed by atoms with E-state index in [1.54, 1.807) is 36.4 Å². The van der Waals surface area contributed by atoms with E-state index in [9.17, 15) is 24.1 Å². The Bertz CT molecular complexity index is 1540. The second-order valence-electron chi connectivity index (χ2n) is 12.0. The highest BCUT2D eigenvalue weighted by Crippen LogP contribution is 2.52. The van der Waals surface area contributed by atoms with Crippen LogP contribution in [0, 0.1) is 4.91 Å². The van der Waals surface area contributed by atoms with Gasteiger partial charge >= 0.3 is 5.91 Å². The molecule has 17 heteroatoms. The highest BCUT2D eigenvalue weighted by atomic mass is 16.6. The van der Waals surface area contributed by atoms with Crippen LogP contribution in [0.5, 0.6) is 5.75 Å². The molecule has 5 rings (SSSR count). The van der Waals surface area contributed by atoms with Crippen LogP contribution in [0.15, 0.2) is 65.6 Å². The van der Waals surface area contributed by atoms with Crippen LogP contribution in [0.3, 0.4) is 0 Å². The monoisotopic (exact) mass is 710 g/mol. The number of quaternary nitrogens is 1. The molecule has 0 bridgehead atoms. The summed E-state index contributed by atoms with van der Waals surface area (Å²) in [5.41, 5.74) is 11.7. The van der Waals surface area contributed by atoms with Crippen LogP contribution < -0.4 is 26.7 Å². The minimum atomic E-state index is -1.37. The Morgan fingerprint density at radius 2 is 1.49 bits per heavy atom. The van der Waals surface area contributed by atoms with Crippen molar-refractivity contribution in [2.45, 2.75) is 24.3 Å². The normalized spacial score (nSPS) is 19.2. The molecule has 1 saturated carbocycles. The molecule has 2 aromatic carbocycles. The van der Waals surface area contributed by atoms with Gasteiger partial charge in [0.05, 0.1) is 83.3 Å². The molecule has 2 heterocycles. The average molecular weight is 711 g/mol.